The van der Waals surface area contributed by atoms with E-state index >= 15 is 0 Å². The highest BCUT2D eigenvalue weighted by Crippen LogP contribution is 2.32. The second-order valence-electron chi connectivity index (χ2n) is 7.50. The largest absolute Gasteiger partial charge is 0.336 e. The lowest BCUT2D eigenvalue weighted by atomic mass is 10.1. The predicted molar refractivity (Wildman–Crippen MR) is 121 cm³/mol. The molecule has 1 fully saturated rings. The summed E-state index contributed by atoms with van der Waals surface area (Å²) in [4.78, 5) is 26.4. The second-order valence-corrected chi connectivity index (χ2v) is 10.6. The van der Waals surface area contributed by atoms with E-state index < -0.39 is 14.9 Å². The molecule has 0 saturated carbocycles. The Hall–Kier alpha value is -3.02. The van der Waals surface area contributed by atoms with E-state index in [1.807, 2.05) is 42.9 Å². The number of amides is 1. The molecular weight excluding hydrogens is 452 g/mol. The van der Waals surface area contributed by atoms with Crippen LogP contribution < -0.4 is 0 Å². The highest BCUT2D eigenvalue weighted by molar-refractivity contribution is 7.89. The van der Waals surface area contributed by atoms with E-state index in [1.165, 1.54) is 28.6 Å². The van der Waals surface area contributed by atoms with Gasteiger partial charge < -0.3 is 9.47 Å². The quantitative estimate of drug-likeness (QED) is 0.417. The summed E-state index contributed by atoms with van der Waals surface area (Å²) < 4.78 is 29.1. The lowest BCUT2D eigenvalue weighted by Crippen LogP contribution is -2.50. The van der Waals surface area contributed by atoms with Gasteiger partial charge in [0, 0.05) is 55.6 Å². The molecule has 0 bridgehead atoms. The van der Waals surface area contributed by atoms with E-state index in [4.69, 9.17) is 0 Å². The third-order valence-electron chi connectivity index (χ3n) is 5.63. The Morgan fingerprint density at radius 3 is 2.19 bits per heavy atom. The molecule has 3 aromatic rings. The molecular formula is C21H22N4O5S2. The zero-order chi connectivity index (χ0) is 23.0. The van der Waals surface area contributed by atoms with Crippen LogP contribution in [0.2, 0.25) is 0 Å². The van der Waals surface area contributed by atoms with E-state index in [9.17, 15) is 23.3 Å². The van der Waals surface area contributed by atoms with Crippen LogP contribution in [0, 0.1) is 24.0 Å². The van der Waals surface area contributed by atoms with E-state index in [0.29, 0.717) is 5.56 Å². The van der Waals surface area contributed by atoms with Gasteiger partial charge in [0.05, 0.1) is 15.4 Å². The van der Waals surface area contributed by atoms with Crippen LogP contribution in [0.3, 0.4) is 0 Å². The number of carbonyl (C=O) groups excluding carboxylic acids is 1. The molecule has 0 aliphatic carbocycles. The third-order valence-corrected chi connectivity index (χ3v) is 8.76. The summed E-state index contributed by atoms with van der Waals surface area (Å²) in [5.41, 5.74) is 1.42. The van der Waals surface area contributed by atoms with Crippen molar-refractivity contribution in [3.63, 3.8) is 0 Å². The van der Waals surface area contributed by atoms with Crippen molar-refractivity contribution in [2.75, 3.05) is 26.2 Å². The molecule has 0 N–H and O–H groups in total. The summed E-state index contributed by atoms with van der Waals surface area (Å²) in [5.74, 6) is -0.108. The van der Waals surface area contributed by atoms with Gasteiger partial charge in [-0.15, -0.1) is 11.3 Å². The molecule has 1 saturated heterocycles. The maximum Gasteiger partial charge on any atom is 0.269 e. The summed E-state index contributed by atoms with van der Waals surface area (Å²) in [5, 5.41) is 11.7. The van der Waals surface area contributed by atoms with Crippen molar-refractivity contribution in [1.29, 1.82) is 0 Å². The fourth-order valence-corrected chi connectivity index (χ4v) is 6.23. The number of nitro groups is 1. The Bertz CT molecular complexity index is 1260. The smallest absolute Gasteiger partial charge is 0.269 e. The van der Waals surface area contributed by atoms with Crippen molar-refractivity contribution in [3.8, 4) is 5.00 Å². The number of non-ortho nitro benzene ring substituents is 1. The molecule has 4 rings (SSSR count). The minimum atomic E-state index is -3.80. The minimum absolute atomic E-state index is 0.00192. The topological polar surface area (TPSA) is 106 Å². The van der Waals surface area contributed by atoms with Crippen molar-refractivity contribution in [2.45, 2.75) is 18.7 Å². The zero-order valence-corrected chi connectivity index (χ0v) is 19.2. The molecule has 1 aliphatic heterocycles. The summed E-state index contributed by atoms with van der Waals surface area (Å²) in [6, 6.07) is 8.65. The van der Waals surface area contributed by atoms with Crippen LogP contribution in [-0.2, 0) is 10.0 Å². The van der Waals surface area contributed by atoms with E-state index in [1.54, 1.807) is 16.2 Å². The first-order chi connectivity index (χ1) is 15.2. The maximum absolute atomic E-state index is 13.4. The Balaban J connectivity index is 1.51. The summed E-state index contributed by atoms with van der Waals surface area (Å²) in [6.07, 6.45) is 3.80. The maximum atomic E-state index is 13.4. The Morgan fingerprint density at radius 1 is 1.03 bits per heavy atom. The number of benzene rings is 1. The molecule has 0 atom stereocenters. The summed E-state index contributed by atoms with van der Waals surface area (Å²) in [7, 11) is -3.80. The molecule has 0 spiro atoms. The number of aryl methyl sites for hydroxylation is 1. The molecule has 0 unspecified atom stereocenters. The van der Waals surface area contributed by atoms with Crippen molar-refractivity contribution in [1.82, 2.24) is 13.8 Å². The molecule has 0 radical (unpaired) electrons. The molecule has 3 heterocycles. The molecule has 32 heavy (non-hydrogen) atoms. The first-order valence-corrected chi connectivity index (χ1v) is 12.2. The fourth-order valence-electron chi connectivity index (χ4n) is 3.69. The number of thiophene rings is 1. The summed E-state index contributed by atoms with van der Waals surface area (Å²) in [6.45, 7) is 4.77. The van der Waals surface area contributed by atoms with Gasteiger partial charge in [0.2, 0.25) is 10.0 Å². The lowest BCUT2D eigenvalue weighted by Gasteiger charge is -2.34. The van der Waals surface area contributed by atoms with Gasteiger partial charge in [-0.3, -0.25) is 14.9 Å². The number of piperazine rings is 1. The van der Waals surface area contributed by atoms with Crippen molar-refractivity contribution in [3.05, 3.63) is 74.9 Å². The van der Waals surface area contributed by atoms with E-state index in [0.717, 1.165) is 15.4 Å². The molecule has 1 amide bonds. The van der Waals surface area contributed by atoms with Gasteiger partial charge in [0.15, 0.2) is 0 Å². The monoisotopic (exact) mass is 474 g/mol. The Labute approximate surface area is 189 Å². The number of hydrogen-bond acceptors (Lipinski definition) is 6. The van der Waals surface area contributed by atoms with Gasteiger partial charge in [-0.05, 0) is 43.7 Å². The predicted octanol–water partition coefficient (Wildman–Crippen LogP) is 3.21. The van der Waals surface area contributed by atoms with Crippen molar-refractivity contribution < 1.29 is 18.1 Å². The Morgan fingerprint density at radius 2 is 1.62 bits per heavy atom. The van der Waals surface area contributed by atoms with Crippen LogP contribution in [0.25, 0.3) is 5.00 Å². The van der Waals surface area contributed by atoms with Crippen molar-refractivity contribution >= 4 is 33.0 Å². The standard InChI is InChI=1S/C21H22N4O5S2/c1-15-16(2)31-21(23-9-3-4-10-23)19(15)20(26)22-11-13-24(14-12-22)32(29,30)18-7-5-17(6-8-18)25(27)28/h3-10H,11-14H2,1-2H3. The van der Waals surface area contributed by atoms with Gasteiger partial charge in [-0.1, -0.05) is 0 Å². The van der Waals surface area contributed by atoms with Gasteiger partial charge in [0.25, 0.3) is 11.6 Å². The molecule has 1 aliphatic rings. The first kappa shape index (κ1) is 22.2. The molecule has 1 aromatic carbocycles. The summed E-state index contributed by atoms with van der Waals surface area (Å²) >= 11 is 1.56. The number of sulfonamides is 1. The van der Waals surface area contributed by atoms with Gasteiger partial charge >= 0.3 is 0 Å². The number of rotatable bonds is 5. The van der Waals surface area contributed by atoms with Crippen LogP contribution in [0.5, 0.6) is 0 Å². The van der Waals surface area contributed by atoms with Gasteiger partial charge in [-0.25, -0.2) is 8.42 Å². The average Bonchev–Trinajstić information content (AvgIpc) is 3.42. The number of nitrogens with zero attached hydrogens (tertiary/aromatic N) is 4. The number of hydrogen-bond donors (Lipinski definition) is 0. The molecule has 9 nitrogen and oxygen atoms in total. The highest BCUT2D eigenvalue weighted by atomic mass is 32.2. The van der Waals surface area contributed by atoms with Crippen molar-refractivity contribution in [2.24, 2.45) is 0 Å². The van der Waals surface area contributed by atoms with Crippen LogP contribution in [0.15, 0.2) is 53.7 Å². The minimum Gasteiger partial charge on any atom is -0.336 e. The molecule has 2 aromatic heterocycles. The fraction of sp³-hybridized carbons (Fsp3) is 0.286. The number of aromatic nitrogens is 1. The third kappa shape index (κ3) is 3.94. The van der Waals surface area contributed by atoms with E-state index in [2.05, 4.69) is 0 Å². The lowest BCUT2D eigenvalue weighted by molar-refractivity contribution is -0.384. The zero-order valence-electron chi connectivity index (χ0n) is 17.6. The molecule has 168 valence electrons. The number of nitro benzene ring substituents is 1. The molecule has 11 heteroatoms. The van der Waals surface area contributed by atoms with Crippen LogP contribution >= 0.6 is 11.3 Å². The van der Waals surface area contributed by atoms with Gasteiger partial charge in [0.1, 0.15) is 5.00 Å². The normalized spacial score (nSPS) is 15.1. The Kier molecular flexibility index (Phi) is 5.89. The van der Waals surface area contributed by atoms with Crippen LogP contribution in [0.1, 0.15) is 20.8 Å². The SMILES string of the molecule is Cc1sc(-n2cccc2)c(C(=O)N2CCN(S(=O)(=O)c3ccc([N+](=O)[O-])cc3)CC2)c1C. The van der Waals surface area contributed by atoms with E-state index in [-0.39, 0.29) is 42.7 Å². The van der Waals surface area contributed by atoms with Gasteiger partial charge in [-0.2, -0.15) is 4.31 Å². The highest BCUT2D eigenvalue weighted by Gasteiger charge is 2.32. The van der Waals surface area contributed by atoms with Crippen LogP contribution in [0.4, 0.5) is 5.69 Å². The average molecular weight is 475 g/mol. The van der Waals surface area contributed by atoms with Crippen LogP contribution in [-0.4, -0.2) is 59.2 Å². The second kappa shape index (κ2) is 8.49. The first-order valence-electron chi connectivity index (χ1n) is 9.97. The number of carbonyl (C=O) groups is 1.